The van der Waals surface area contributed by atoms with Crippen molar-refractivity contribution in [3.63, 3.8) is 0 Å². The number of nitriles is 1. The molecule has 13 heteroatoms. The fraction of sp³-hybridized carbons (Fsp3) is 0.476. The standard InChI is InChI=1S/C21H23F3N6O4/c1-14(33-8-9-34-16-13-27-28-20(32)19(16)21(22,23)24)10-18(31)30-6-4-29(5-7-30)17-3-2-15(11-25)12-26-17/h2-3,12-14H,4-10H2,1H3,(H,28,32)/t14-/m0/s1. The number of alkyl halides is 3. The van der Waals surface area contributed by atoms with E-state index < -0.39 is 29.2 Å². The van der Waals surface area contributed by atoms with Crippen LogP contribution >= 0.6 is 0 Å². The fourth-order valence-corrected chi connectivity index (χ4v) is 3.42. The lowest BCUT2D eigenvalue weighted by Crippen LogP contribution is -2.49. The highest BCUT2D eigenvalue weighted by Crippen LogP contribution is 2.32. The number of halogens is 3. The second-order valence-electron chi connectivity index (χ2n) is 7.55. The highest BCUT2D eigenvalue weighted by Gasteiger charge is 2.38. The Morgan fingerprint density at radius 1 is 1.24 bits per heavy atom. The summed E-state index contributed by atoms with van der Waals surface area (Å²) in [4.78, 5) is 32.0. The predicted molar refractivity (Wildman–Crippen MR) is 113 cm³/mol. The minimum Gasteiger partial charge on any atom is -0.489 e. The number of hydrogen-bond donors (Lipinski definition) is 1. The van der Waals surface area contributed by atoms with E-state index in [1.165, 1.54) is 6.20 Å². The lowest BCUT2D eigenvalue weighted by molar-refractivity contribution is -0.140. The van der Waals surface area contributed by atoms with E-state index >= 15 is 0 Å². The topological polar surface area (TPSA) is 124 Å². The predicted octanol–water partition coefficient (Wildman–Crippen LogP) is 1.58. The Kier molecular flexibility index (Phi) is 8.06. The highest BCUT2D eigenvalue weighted by atomic mass is 19.4. The van der Waals surface area contributed by atoms with Crippen molar-refractivity contribution >= 4 is 11.7 Å². The molecule has 0 aliphatic carbocycles. The quantitative estimate of drug-likeness (QED) is 0.565. The average molecular weight is 480 g/mol. The first kappa shape index (κ1) is 25.0. The maximum Gasteiger partial charge on any atom is 0.425 e. The highest BCUT2D eigenvalue weighted by molar-refractivity contribution is 5.77. The lowest BCUT2D eigenvalue weighted by atomic mass is 10.2. The monoisotopic (exact) mass is 480 g/mol. The minimum atomic E-state index is -4.88. The van der Waals surface area contributed by atoms with E-state index in [2.05, 4.69) is 10.1 Å². The number of ether oxygens (including phenoxy) is 2. The molecule has 0 spiro atoms. The summed E-state index contributed by atoms with van der Waals surface area (Å²) in [5.74, 6) is -0.0377. The van der Waals surface area contributed by atoms with E-state index in [1.54, 1.807) is 29.1 Å². The van der Waals surface area contributed by atoms with Gasteiger partial charge in [0.25, 0.3) is 5.56 Å². The van der Waals surface area contributed by atoms with Crippen LogP contribution in [-0.2, 0) is 15.7 Å². The number of aromatic amines is 1. The van der Waals surface area contributed by atoms with Gasteiger partial charge in [-0.15, -0.1) is 0 Å². The van der Waals surface area contributed by atoms with Gasteiger partial charge < -0.3 is 19.3 Å². The number of carbonyl (C=O) groups excluding carboxylic acids is 1. The molecule has 0 bridgehead atoms. The summed E-state index contributed by atoms with van der Waals surface area (Å²) in [6.07, 6.45) is -2.97. The summed E-state index contributed by atoms with van der Waals surface area (Å²) >= 11 is 0. The van der Waals surface area contributed by atoms with Crippen molar-refractivity contribution in [2.75, 3.05) is 44.3 Å². The molecular formula is C21H23F3N6O4. The van der Waals surface area contributed by atoms with E-state index in [9.17, 15) is 22.8 Å². The van der Waals surface area contributed by atoms with E-state index in [1.807, 2.05) is 11.0 Å². The van der Waals surface area contributed by atoms with Crippen LogP contribution in [0.15, 0.2) is 29.3 Å². The first-order valence-corrected chi connectivity index (χ1v) is 10.5. The molecule has 1 atom stereocenters. The van der Waals surface area contributed by atoms with Crippen LogP contribution in [0.4, 0.5) is 19.0 Å². The summed E-state index contributed by atoms with van der Waals surface area (Å²) in [5.41, 5.74) is -2.37. The van der Waals surface area contributed by atoms with Crippen molar-refractivity contribution in [2.45, 2.75) is 25.6 Å². The van der Waals surface area contributed by atoms with Gasteiger partial charge in [0.1, 0.15) is 18.5 Å². The molecule has 34 heavy (non-hydrogen) atoms. The Morgan fingerprint density at radius 2 is 1.97 bits per heavy atom. The minimum absolute atomic E-state index is 0.0727. The van der Waals surface area contributed by atoms with E-state index in [-0.39, 0.29) is 25.5 Å². The summed E-state index contributed by atoms with van der Waals surface area (Å²) in [6.45, 7) is 3.57. The third-order valence-electron chi connectivity index (χ3n) is 5.14. The Morgan fingerprint density at radius 3 is 2.59 bits per heavy atom. The van der Waals surface area contributed by atoms with Crippen molar-refractivity contribution in [1.29, 1.82) is 5.26 Å². The molecule has 1 saturated heterocycles. The van der Waals surface area contributed by atoms with Crippen molar-refractivity contribution < 1.29 is 27.4 Å². The Balaban J connectivity index is 1.40. The molecule has 1 amide bonds. The zero-order valence-electron chi connectivity index (χ0n) is 18.3. The SMILES string of the molecule is C[C@@H](CC(=O)N1CCN(c2ccc(C#N)cn2)CC1)OCCOc1cn[nH]c(=O)c1C(F)(F)F. The van der Waals surface area contributed by atoms with Gasteiger partial charge in [-0.1, -0.05) is 0 Å². The Bertz CT molecular complexity index is 1080. The number of anilines is 1. The molecule has 3 rings (SSSR count). The van der Waals surface area contributed by atoms with Crippen LogP contribution in [0.1, 0.15) is 24.5 Å². The van der Waals surface area contributed by atoms with Crippen LogP contribution in [0.3, 0.4) is 0 Å². The number of amides is 1. The van der Waals surface area contributed by atoms with E-state index in [4.69, 9.17) is 14.7 Å². The van der Waals surface area contributed by atoms with Gasteiger partial charge in [-0.25, -0.2) is 10.1 Å². The second kappa shape index (κ2) is 11.0. The molecule has 0 radical (unpaired) electrons. The van der Waals surface area contributed by atoms with Gasteiger partial charge in [-0.3, -0.25) is 9.59 Å². The first-order valence-electron chi connectivity index (χ1n) is 10.5. The van der Waals surface area contributed by atoms with Gasteiger partial charge in [0.05, 0.1) is 30.9 Å². The second-order valence-corrected chi connectivity index (χ2v) is 7.55. The van der Waals surface area contributed by atoms with E-state index in [0.717, 1.165) is 12.0 Å². The summed E-state index contributed by atoms with van der Waals surface area (Å²) in [6, 6.07) is 5.48. The number of pyridine rings is 1. The largest absolute Gasteiger partial charge is 0.489 e. The normalized spacial score (nSPS) is 15.0. The zero-order valence-corrected chi connectivity index (χ0v) is 18.3. The van der Waals surface area contributed by atoms with Gasteiger partial charge >= 0.3 is 6.18 Å². The van der Waals surface area contributed by atoms with Crippen molar-refractivity contribution in [1.82, 2.24) is 20.1 Å². The van der Waals surface area contributed by atoms with Crippen LogP contribution in [0.2, 0.25) is 0 Å². The van der Waals surface area contributed by atoms with Crippen molar-refractivity contribution in [3.05, 3.63) is 46.0 Å². The Hall–Kier alpha value is -3.66. The molecule has 1 fully saturated rings. The lowest BCUT2D eigenvalue weighted by Gasteiger charge is -2.35. The summed E-state index contributed by atoms with van der Waals surface area (Å²) < 4.78 is 49.5. The number of H-pyrrole nitrogens is 1. The molecule has 0 aromatic carbocycles. The van der Waals surface area contributed by atoms with Gasteiger partial charge in [-0.2, -0.15) is 23.5 Å². The molecule has 0 unspecified atom stereocenters. The molecule has 2 aromatic rings. The number of rotatable bonds is 8. The number of carbonyl (C=O) groups is 1. The van der Waals surface area contributed by atoms with E-state index in [0.29, 0.717) is 31.7 Å². The molecule has 1 aliphatic heterocycles. The number of aromatic nitrogens is 3. The van der Waals surface area contributed by atoms with Crippen LogP contribution in [0.5, 0.6) is 5.75 Å². The molecule has 0 saturated carbocycles. The smallest absolute Gasteiger partial charge is 0.425 e. The van der Waals surface area contributed by atoms with Crippen molar-refractivity contribution in [2.24, 2.45) is 0 Å². The van der Waals surface area contributed by atoms with Crippen molar-refractivity contribution in [3.8, 4) is 11.8 Å². The van der Waals surface area contributed by atoms with Gasteiger partial charge in [0.2, 0.25) is 5.91 Å². The van der Waals surface area contributed by atoms with Crippen LogP contribution in [0, 0.1) is 11.3 Å². The first-order chi connectivity index (χ1) is 16.2. The molecular weight excluding hydrogens is 457 g/mol. The zero-order chi connectivity index (χ0) is 24.7. The third-order valence-corrected chi connectivity index (χ3v) is 5.14. The molecule has 182 valence electrons. The third kappa shape index (κ3) is 6.44. The molecule has 1 N–H and O–H groups in total. The fourth-order valence-electron chi connectivity index (χ4n) is 3.42. The van der Waals surface area contributed by atoms with Gasteiger partial charge in [0, 0.05) is 32.4 Å². The molecule has 1 aliphatic rings. The maximum absolute atomic E-state index is 13.0. The van der Waals surface area contributed by atoms with Gasteiger partial charge in [0.15, 0.2) is 11.3 Å². The maximum atomic E-state index is 13.0. The molecule has 10 nitrogen and oxygen atoms in total. The van der Waals surface area contributed by atoms with Crippen LogP contribution < -0.4 is 15.2 Å². The average Bonchev–Trinajstić information content (AvgIpc) is 2.81. The number of piperazine rings is 1. The number of nitrogens with zero attached hydrogens (tertiary/aromatic N) is 5. The van der Waals surface area contributed by atoms with Crippen LogP contribution in [-0.4, -0.2) is 71.5 Å². The number of nitrogens with one attached hydrogen (secondary N) is 1. The summed E-state index contributed by atoms with van der Waals surface area (Å²) in [5, 5.41) is 13.9. The Labute approximate surface area is 192 Å². The molecule has 3 heterocycles. The number of hydrogen-bond acceptors (Lipinski definition) is 8. The summed E-state index contributed by atoms with van der Waals surface area (Å²) in [7, 11) is 0. The molecule has 2 aromatic heterocycles. The van der Waals surface area contributed by atoms with Gasteiger partial charge in [-0.05, 0) is 19.1 Å². The van der Waals surface area contributed by atoms with Crippen LogP contribution in [0.25, 0.3) is 0 Å².